The maximum absolute atomic E-state index is 13.3. The molecule has 0 saturated carbocycles. The number of nitrogens with one attached hydrogen (secondary N) is 1. The summed E-state index contributed by atoms with van der Waals surface area (Å²) in [7, 11) is 1.71. The molecule has 0 unspecified atom stereocenters. The van der Waals surface area contributed by atoms with Gasteiger partial charge in [-0.3, -0.25) is 14.2 Å². The lowest BCUT2D eigenvalue weighted by Crippen LogP contribution is -2.36. The molecule has 5 rings (SSSR count). The van der Waals surface area contributed by atoms with E-state index in [9.17, 15) is 9.59 Å². The molecule has 0 atom stereocenters. The summed E-state index contributed by atoms with van der Waals surface area (Å²) >= 11 is 0. The third-order valence-electron chi connectivity index (χ3n) is 5.75. The van der Waals surface area contributed by atoms with E-state index >= 15 is 0 Å². The second-order valence-corrected chi connectivity index (χ2v) is 7.79. The van der Waals surface area contributed by atoms with Crippen LogP contribution in [0.3, 0.4) is 0 Å². The number of nitrogens with zero attached hydrogens (tertiary/aromatic N) is 4. The molecule has 8 heteroatoms. The van der Waals surface area contributed by atoms with Crippen LogP contribution in [0.15, 0.2) is 71.7 Å². The molecule has 1 N–H and O–H groups in total. The van der Waals surface area contributed by atoms with Gasteiger partial charge < -0.3 is 15.0 Å². The molecule has 1 saturated heterocycles. The van der Waals surface area contributed by atoms with Gasteiger partial charge in [-0.15, -0.1) is 0 Å². The van der Waals surface area contributed by atoms with Crippen molar-refractivity contribution in [2.24, 2.45) is 7.05 Å². The predicted molar refractivity (Wildman–Crippen MR) is 128 cm³/mol. The lowest BCUT2D eigenvalue weighted by molar-refractivity contribution is 0.102. The molecule has 8 nitrogen and oxygen atoms in total. The van der Waals surface area contributed by atoms with Crippen LogP contribution in [0.1, 0.15) is 10.4 Å². The molecule has 0 aliphatic carbocycles. The quantitative estimate of drug-likeness (QED) is 0.524. The van der Waals surface area contributed by atoms with Crippen LogP contribution in [0.2, 0.25) is 0 Å². The van der Waals surface area contributed by atoms with Crippen LogP contribution in [0.5, 0.6) is 0 Å². The number of amides is 1. The Kier molecular flexibility index (Phi) is 5.58. The normalized spacial score (nSPS) is 13.8. The summed E-state index contributed by atoms with van der Waals surface area (Å²) in [6.45, 7) is 2.82. The molecular weight excluding hydrogens is 418 g/mol. The van der Waals surface area contributed by atoms with Gasteiger partial charge in [0.2, 0.25) is 0 Å². The molecule has 1 amide bonds. The zero-order valence-electron chi connectivity index (χ0n) is 18.2. The molecule has 166 valence electrons. The van der Waals surface area contributed by atoms with Gasteiger partial charge in [-0.1, -0.05) is 24.3 Å². The number of para-hydroxylation sites is 2. The molecule has 0 spiro atoms. The molecule has 0 radical (unpaired) electrons. The molecule has 1 fully saturated rings. The SMILES string of the molecule is Cn1c(-c2ccccc2N2CCOCC2)nc2c(C(=O)Nc3ccccn3)cccc2c1=O. The number of morpholine rings is 1. The van der Waals surface area contributed by atoms with Crippen molar-refractivity contribution in [2.75, 3.05) is 36.5 Å². The van der Waals surface area contributed by atoms with Crippen LogP contribution < -0.4 is 15.8 Å². The first kappa shape index (κ1) is 20.8. The molecule has 2 aromatic heterocycles. The molecule has 4 aromatic rings. The molecule has 33 heavy (non-hydrogen) atoms. The summed E-state index contributed by atoms with van der Waals surface area (Å²) in [6, 6.07) is 18.2. The van der Waals surface area contributed by atoms with Crippen LogP contribution >= 0.6 is 0 Å². The monoisotopic (exact) mass is 441 g/mol. The van der Waals surface area contributed by atoms with Crippen molar-refractivity contribution in [3.05, 3.63) is 82.8 Å². The number of anilines is 2. The van der Waals surface area contributed by atoms with Gasteiger partial charge in [0.25, 0.3) is 11.5 Å². The van der Waals surface area contributed by atoms with Crippen molar-refractivity contribution in [1.29, 1.82) is 0 Å². The van der Waals surface area contributed by atoms with Gasteiger partial charge in [0.1, 0.15) is 11.6 Å². The average Bonchev–Trinajstić information content (AvgIpc) is 2.87. The fourth-order valence-corrected chi connectivity index (χ4v) is 4.08. The van der Waals surface area contributed by atoms with E-state index in [0.717, 1.165) is 24.3 Å². The summed E-state index contributed by atoms with van der Waals surface area (Å²) in [5.74, 6) is 0.571. The predicted octanol–water partition coefficient (Wildman–Crippen LogP) is 3.08. The number of aromatic nitrogens is 3. The van der Waals surface area contributed by atoms with E-state index in [4.69, 9.17) is 9.72 Å². The van der Waals surface area contributed by atoms with Crippen molar-refractivity contribution in [3.63, 3.8) is 0 Å². The Balaban J connectivity index is 1.65. The fraction of sp³-hybridized carbons (Fsp3) is 0.200. The first-order valence-electron chi connectivity index (χ1n) is 10.8. The number of benzene rings is 2. The van der Waals surface area contributed by atoms with Crippen molar-refractivity contribution in [3.8, 4) is 11.4 Å². The first-order valence-corrected chi connectivity index (χ1v) is 10.8. The maximum atomic E-state index is 13.3. The van der Waals surface area contributed by atoms with Crippen LogP contribution in [-0.4, -0.2) is 46.7 Å². The summed E-state index contributed by atoms with van der Waals surface area (Å²) < 4.78 is 7.04. The largest absolute Gasteiger partial charge is 0.378 e. The number of carbonyl (C=O) groups is 1. The van der Waals surface area contributed by atoms with E-state index in [1.165, 1.54) is 0 Å². The number of hydrogen-bond donors (Lipinski definition) is 1. The number of carbonyl (C=O) groups excluding carboxylic acids is 1. The van der Waals surface area contributed by atoms with Gasteiger partial charge >= 0.3 is 0 Å². The standard InChI is InChI=1S/C25H23N5O3/c1-29-23(17-7-2-3-10-20(17)30-13-15-33-16-14-30)28-22-18(8-6-9-19(22)25(29)32)24(31)27-21-11-4-5-12-26-21/h2-12H,13-16H2,1H3,(H,26,27,31). The lowest BCUT2D eigenvalue weighted by atomic mass is 10.1. The van der Waals surface area contributed by atoms with Gasteiger partial charge in [0, 0.05) is 37.6 Å². The highest BCUT2D eigenvalue weighted by Gasteiger charge is 2.21. The van der Waals surface area contributed by atoms with Crippen molar-refractivity contribution in [2.45, 2.75) is 0 Å². The summed E-state index contributed by atoms with van der Waals surface area (Å²) in [5, 5.41) is 3.17. The van der Waals surface area contributed by atoms with Gasteiger partial charge in [0.05, 0.1) is 29.7 Å². The average molecular weight is 441 g/mol. The Morgan fingerprint density at radius 2 is 1.79 bits per heavy atom. The summed E-state index contributed by atoms with van der Waals surface area (Å²) in [5.41, 5.74) is 2.29. The molecule has 3 heterocycles. The van der Waals surface area contributed by atoms with Gasteiger partial charge in [0.15, 0.2) is 0 Å². The summed E-state index contributed by atoms with van der Waals surface area (Å²) in [6.07, 6.45) is 1.60. The van der Waals surface area contributed by atoms with E-state index in [-0.39, 0.29) is 11.5 Å². The van der Waals surface area contributed by atoms with E-state index in [2.05, 4.69) is 15.2 Å². The molecule has 0 bridgehead atoms. The van der Waals surface area contributed by atoms with Crippen LogP contribution in [0.25, 0.3) is 22.3 Å². The highest BCUT2D eigenvalue weighted by atomic mass is 16.5. The fourth-order valence-electron chi connectivity index (χ4n) is 4.08. The number of ether oxygens (including phenoxy) is 1. The Morgan fingerprint density at radius 3 is 2.58 bits per heavy atom. The second kappa shape index (κ2) is 8.84. The van der Waals surface area contributed by atoms with E-state index in [1.807, 2.05) is 24.3 Å². The molecular formula is C25H23N5O3. The highest BCUT2D eigenvalue weighted by molar-refractivity contribution is 6.11. The topological polar surface area (TPSA) is 89.3 Å². The van der Waals surface area contributed by atoms with Crippen molar-refractivity contribution in [1.82, 2.24) is 14.5 Å². The first-order chi connectivity index (χ1) is 16.1. The van der Waals surface area contributed by atoms with Crippen molar-refractivity contribution >= 4 is 28.3 Å². The number of fused-ring (bicyclic) bond motifs is 1. The summed E-state index contributed by atoms with van der Waals surface area (Å²) in [4.78, 5) is 37.6. The Labute approximate surface area is 190 Å². The zero-order valence-corrected chi connectivity index (χ0v) is 18.2. The Hall–Kier alpha value is -4.04. The van der Waals surface area contributed by atoms with Crippen LogP contribution in [0, 0.1) is 0 Å². The zero-order chi connectivity index (χ0) is 22.8. The maximum Gasteiger partial charge on any atom is 0.261 e. The Bertz CT molecular complexity index is 1380. The third-order valence-corrected chi connectivity index (χ3v) is 5.75. The Morgan fingerprint density at radius 1 is 1.00 bits per heavy atom. The number of rotatable bonds is 4. The second-order valence-electron chi connectivity index (χ2n) is 7.79. The van der Waals surface area contributed by atoms with Gasteiger partial charge in [-0.05, 0) is 36.4 Å². The van der Waals surface area contributed by atoms with E-state index in [0.29, 0.717) is 41.3 Å². The van der Waals surface area contributed by atoms with Crippen LogP contribution in [0.4, 0.5) is 11.5 Å². The molecule has 1 aliphatic heterocycles. The lowest BCUT2D eigenvalue weighted by Gasteiger charge is -2.30. The van der Waals surface area contributed by atoms with Gasteiger partial charge in [-0.2, -0.15) is 0 Å². The minimum Gasteiger partial charge on any atom is -0.378 e. The third kappa shape index (κ3) is 3.96. The minimum atomic E-state index is -0.368. The smallest absolute Gasteiger partial charge is 0.261 e. The number of hydrogen-bond acceptors (Lipinski definition) is 6. The number of pyridine rings is 1. The van der Waals surface area contributed by atoms with Crippen molar-refractivity contribution < 1.29 is 9.53 Å². The van der Waals surface area contributed by atoms with E-state index in [1.54, 1.807) is 54.2 Å². The highest BCUT2D eigenvalue weighted by Crippen LogP contribution is 2.30. The van der Waals surface area contributed by atoms with Gasteiger partial charge in [-0.25, -0.2) is 9.97 Å². The minimum absolute atomic E-state index is 0.209. The van der Waals surface area contributed by atoms with E-state index < -0.39 is 0 Å². The molecule has 1 aliphatic rings. The van der Waals surface area contributed by atoms with Crippen LogP contribution in [-0.2, 0) is 11.8 Å². The molecule has 2 aromatic carbocycles.